The second-order valence-electron chi connectivity index (χ2n) is 3.03. The van der Waals surface area contributed by atoms with Crippen LogP contribution in [0.3, 0.4) is 0 Å². The third-order valence-electron chi connectivity index (χ3n) is 1.74. The van der Waals surface area contributed by atoms with E-state index in [2.05, 4.69) is 10.1 Å². The van der Waals surface area contributed by atoms with Crippen LogP contribution in [-0.4, -0.2) is 31.6 Å². The minimum atomic E-state index is -0.838. The Hall–Kier alpha value is -1.34. The van der Waals surface area contributed by atoms with Gasteiger partial charge in [-0.1, -0.05) is 11.8 Å². The molecule has 0 amide bonds. The van der Waals surface area contributed by atoms with Crippen LogP contribution in [0.1, 0.15) is 5.69 Å². The quantitative estimate of drug-likeness (QED) is 0.844. The molecule has 0 radical (unpaired) electrons. The zero-order chi connectivity index (χ0) is 11.5. The highest BCUT2D eigenvalue weighted by molar-refractivity contribution is 7.99. The standard InChI is InChI=1S/C9H9N3O2S2/c1-6-4-7(16-5-8(13)14)12(11-6)9-10-2-3-15-9/h2-4H,5H2,1H3,(H,13,14). The number of nitrogens with zero attached hydrogens (tertiary/aromatic N) is 3. The molecule has 0 atom stereocenters. The number of thiazole rings is 1. The molecule has 2 aromatic heterocycles. The minimum Gasteiger partial charge on any atom is -0.481 e. The Labute approximate surface area is 100 Å². The molecule has 16 heavy (non-hydrogen) atoms. The van der Waals surface area contributed by atoms with E-state index in [1.807, 2.05) is 18.4 Å². The molecule has 2 rings (SSSR count). The Morgan fingerprint density at radius 2 is 2.50 bits per heavy atom. The van der Waals surface area contributed by atoms with E-state index in [-0.39, 0.29) is 5.75 Å². The van der Waals surface area contributed by atoms with Crippen molar-refractivity contribution in [2.75, 3.05) is 5.75 Å². The summed E-state index contributed by atoms with van der Waals surface area (Å²) in [7, 11) is 0. The fraction of sp³-hybridized carbons (Fsp3) is 0.222. The molecule has 7 heteroatoms. The maximum atomic E-state index is 10.5. The molecule has 0 saturated carbocycles. The van der Waals surface area contributed by atoms with E-state index >= 15 is 0 Å². The van der Waals surface area contributed by atoms with Crippen molar-refractivity contribution in [3.8, 4) is 5.13 Å². The van der Waals surface area contributed by atoms with Gasteiger partial charge < -0.3 is 5.11 Å². The van der Waals surface area contributed by atoms with Crippen molar-refractivity contribution < 1.29 is 9.90 Å². The highest BCUT2D eigenvalue weighted by Gasteiger charge is 2.11. The van der Waals surface area contributed by atoms with Crippen molar-refractivity contribution >= 4 is 29.1 Å². The topological polar surface area (TPSA) is 68.0 Å². The minimum absolute atomic E-state index is 0.0243. The molecular formula is C9H9N3O2S2. The highest BCUT2D eigenvalue weighted by Crippen LogP contribution is 2.23. The van der Waals surface area contributed by atoms with Crippen LogP contribution in [-0.2, 0) is 4.79 Å². The van der Waals surface area contributed by atoms with Gasteiger partial charge in [0.05, 0.1) is 11.4 Å². The molecule has 0 unspecified atom stereocenters. The number of thioether (sulfide) groups is 1. The fourth-order valence-electron chi connectivity index (χ4n) is 1.17. The predicted octanol–water partition coefficient (Wildman–Crippen LogP) is 1.81. The summed E-state index contributed by atoms with van der Waals surface area (Å²) in [6.45, 7) is 1.87. The highest BCUT2D eigenvalue weighted by atomic mass is 32.2. The van der Waals surface area contributed by atoms with Crippen LogP contribution in [0.2, 0.25) is 0 Å². The molecule has 0 spiro atoms. The zero-order valence-electron chi connectivity index (χ0n) is 8.45. The largest absolute Gasteiger partial charge is 0.481 e. The Bertz CT molecular complexity index is 493. The Balaban J connectivity index is 2.27. The first-order valence-corrected chi connectivity index (χ1v) is 6.34. The number of hydrogen-bond acceptors (Lipinski definition) is 5. The third kappa shape index (κ3) is 2.42. The molecule has 0 aliphatic rings. The van der Waals surface area contributed by atoms with Gasteiger partial charge in [0.2, 0.25) is 5.13 Å². The van der Waals surface area contributed by atoms with Gasteiger partial charge in [0.1, 0.15) is 5.03 Å². The third-order valence-corrected chi connectivity index (χ3v) is 3.47. The van der Waals surface area contributed by atoms with E-state index in [1.165, 1.54) is 23.1 Å². The maximum absolute atomic E-state index is 10.5. The molecule has 0 fully saturated rings. The molecule has 1 N–H and O–H groups in total. The van der Waals surface area contributed by atoms with Gasteiger partial charge in [-0.15, -0.1) is 11.3 Å². The van der Waals surface area contributed by atoms with Crippen molar-refractivity contribution in [1.82, 2.24) is 14.8 Å². The van der Waals surface area contributed by atoms with Crippen LogP contribution < -0.4 is 0 Å². The predicted molar refractivity (Wildman–Crippen MR) is 62.3 cm³/mol. The first-order chi connectivity index (χ1) is 7.66. The summed E-state index contributed by atoms with van der Waals surface area (Å²) in [5.41, 5.74) is 0.850. The van der Waals surface area contributed by atoms with Crippen molar-refractivity contribution in [3.63, 3.8) is 0 Å². The van der Waals surface area contributed by atoms with Crippen LogP contribution in [0.4, 0.5) is 0 Å². The lowest BCUT2D eigenvalue weighted by molar-refractivity contribution is -0.133. The summed E-state index contributed by atoms with van der Waals surface area (Å²) < 4.78 is 1.67. The van der Waals surface area contributed by atoms with E-state index in [9.17, 15) is 4.79 Å². The maximum Gasteiger partial charge on any atom is 0.313 e. The summed E-state index contributed by atoms with van der Waals surface area (Å²) in [4.78, 5) is 14.7. The van der Waals surface area contributed by atoms with E-state index < -0.39 is 5.97 Å². The van der Waals surface area contributed by atoms with Gasteiger partial charge in [0.15, 0.2) is 0 Å². The number of aromatic nitrogens is 3. The molecule has 0 aromatic carbocycles. The van der Waals surface area contributed by atoms with Crippen LogP contribution >= 0.6 is 23.1 Å². The van der Waals surface area contributed by atoms with Gasteiger partial charge in [-0.25, -0.2) is 4.98 Å². The lowest BCUT2D eigenvalue weighted by atomic mass is 10.5. The van der Waals surface area contributed by atoms with E-state index in [4.69, 9.17) is 5.11 Å². The van der Waals surface area contributed by atoms with Crippen molar-refractivity contribution in [2.24, 2.45) is 0 Å². The normalized spacial score (nSPS) is 10.6. The Kier molecular flexibility index (Phi) is 3.25. The summed E-state index contributed by atoms with van der Waals surface area (Å²) in [5, 5.41) is 16.3. The lowest BCUT2D eigenvalue weighted by Gasteiger charge is -2.00. The molecule has 0 aliphatic carbocycles. The summed E-state index contributed by atoms with van der Waals surface area (Å²) in [5.74, 6) is -0.814. The van der Waals surface area contributed by atoms with Gasteiger partial charge in [0, 0.05) is 11.6 Å². The number of carboxylic acid groups (broad SMARTS) is 1. The average Bonchev–Trinajstić information content (AvgIpc) is 2.82. The number of aliphatic carboxylic acids is 1. The number of carboxylic acids is 1. The van der Waals surface area contributed by atoms with Gasteiger partial charge in [-0.3, -0.25) is 4.79 Å². The van der Waals surface area contributed by atoms with E-state index in [0.29, 0.717) is 0 Å². The van der Waals surface area contributed by atoms with Crippen LogP contribution in [0.15, 0.2) is 22.7 Å². The number of rotatable bonds is 4. The lowest BCUT2D eigenvalue weighted by Crippen LogP contribution is -2.01. The summed E-state index contributed by atoms with van der Waals surface area (Å²) in [6.07, 6.45) is 1.70. The molecule has 0 aliphatic heterocycles. The molecule has 84 valence electrons. The Morgan fingerprint density at radius 3 is 3.12 bits per heavy atom. The fourth-order valence-corrected chi connectivity index (χ4v) is 2.61. The SMILES string of the molecule is Cc1cc(SCC(=O)O)n(-c2nccs2)n1. The molecule has 2 aromatic rings. The van der Waals surface area contributed by atoms with Gasteiger partial charge in [0.25, 0.3) is 0 Å². The summed E-state index contributed by atoms with van der Waals surface area (Å²) >= 11 is 2.71. The second-order valence-corrected chi connectivity index (χ2v) is 4.90. The number of hydrogen-bond donors (Lipinski definition) is 1. The van der Waals surface area contributed by atoms with Crippen molar-refractivity contribution in [1.29, 1.82) is 0 Å². The van der Waals surface area contributed by atoms with Crippen molar-refractivity contribution in [2.45, 2.75) is 11.9 Å². The van der Waals surface area contributed by atoms with Gasteiger partial charge in [-0.2, -0.15) is 9.78 Å². The summed E-state index contributed by atoms with van der Waals surface area (Å²) in [6, 6.07) is 1.86. The van der Waals surface area contributed by atoms with Crippen LogP contribution in [0, 0.1) is 6.92 Å². The van der Waals surface area contributed by atoms with Crippen molar-refractivity contribution in [3.05, 3.63) is 23.3 Å². The van der Waals surface area contributed by atoms with Gasteiger partial charge in [-0.05, 0) is 13.0 Å². The monoisotopic (exact) mass is 255 g/mol. The first-order valence-electron chi connectivity index (χ1n) is 4.48. The Morgan fingerprint density at radius 1 is 1.69 bits per heavy atom. The molecular weight excluding hydrogens is 246 g/mol. The zero-order valence-corrected chi connectivity index (χ0v) is 10.1. The molecule has 2 heterocycles. The second kappa shape index (κ2) is 4.67. The first kappa shape index (κ1) is 11.2. The van der Waals surface area contributed by atoms with Gasteiger partial charge >= 0.3 is 5.97 Å². The average molecular weight is 255 g/mol. The number of carbonyl (C=O) groups is 1. The molecule has 0 saturated heterocycles. The molecule has 5 nitrogen and oxygen atoms in total. The van der Waals surface area contributed by atoms with Crippen LogP contribution in [0.25, 0.3) is 5.13 Å². The van der Waals surface area contributed by atoms with Crippen LogP contribution in [0.5, 0.6) is 0 Å². The smallest absolute Gasteiger partial charge is 0.313 e. The van der Waals surface area contributed by atoms with E-state index in [1.54, 1.807) is 10.9 Å². The van der Waals surface area contributed by atoms with E-state index in [0.717, 1.165) is 15.9 Å². The molecule has 0 bridgehead atoms. The number of aryl methyl sites for hydroxylation is 1.